The van der Waals surface area contributed by atoms with Crippen molar-refractivity contribution in [2.45, 2.75) is 46.2 Å². The third-order valence-electron chi connectivity index (χ3n) is 3.46. The number of ether oxygens (including phenoxy) is 1. The Kier molecular flexibility index (Phi) is 7.53. The molecule has 2 unspecified atom stereocenters. The number of hydrogen-bond acceptors (Lipinski definition) is 3. The predicted molar refractivity (Wildman–Crippen MR) is 79.4 cm³/mol. The van der Waals surface area contributed by atoms with Gasteiger partial charge in [0.15, 0.2) is 0 Å². The molecule has 0 saturated carbocycles. The Balaban J connectivity index is 2.35. The number of nitrogens with one attached hydrogen (secondary N) is 1. The molecule has 0 aliphatic rings. The molecule has 108 valence electrons. The molecular weight excluding hydrogens is 238 g/mol. The molecule has 0 bridgehead atoms. The van der Waals surface area contributed by atoms with E-state index < -0.39 is 0 Å². The first kappa shape index (κ1) is 16.0. The fourth-order valence-electron chi connectivity index (χ4n) is 1.68. The SMILES string of the molecule is CCCCOc1ccc(CNC(C)C(C)CO)cc1. The van der Waals surface area contributed by atoms with E-state index in [9.17, 15) is 0 Å². The van der Waals surface area contributed by atoms with Crippen molar-refractivity contribution in [1.82, 2.24) is 5.32 Å². The highest BCUT2D eigenvalue weighted by molar-refractivity contribution is 5.27. The maximum Gasteiger partial charge on any atom is 0.119 e. The maximum absolute atomic E-state index is 9.08. The predicted octanol–water partition coefficient (Wildman–Crippen LogP) is 2.97. The second-order valence-corrected chi connectivity index (χ2v) is 5.18. The number of benzene rings is 1. The van der Waals surface area contributed by atoms with E-state index in [2.05, 4.69) is 31.3 Å². The Morgan fingerprint density at radius 2 is 1.89 bits per heavy atom. The fraction of sp³-hybridized carbons (Fsp3) is 0.625. The zero-order valence-corrected chi connectivity index (χ0v) is 12.4. The van der Waals surface area contributed by atoms with Gasteiger partial charge in [0.05, 0.1) is 6.61 Å². The van der Waals surface area contributed by atoms with Gasteiger partial charge in [0.2, 0.25) is 0 Å². The molecule has 2 N–H and O–H groups in total. The van der Waals surface area contributed by atoms with Crippen LogP contribution in [0.5, 0.6) is 5.75 Å². The summed E-state index contributed by atoms with van der Waals surface area (Å²) in [6, 6.07) is 8.53. The van der Waals surface area contributed by atoms with E-state index in [1.54, 1.807) is 0 Å². The van der Waals surface area contributed by atoms with Gasteiger partial charge in [-0.15, -0.1) is 0 Å². The molecule has 19 heavy (non-hydrogen) atoms. The van der Waals surface area contributed by atoms with Gasteiger partial charge in [-0.1, -0.05) is 32.4 Å². The average molecular weight is 265 g/mol. The van der Waals surface area contributed by atoms with Crippen LogP contribution in [0.1, 0.15) is 39.2 Å². The van der Waals surface area contributed by atoms with Crippen LogP contribution in [0.2, 0.25) is 0 Å². The van der Waals surface area contributed by atoms with Crippen LogP contribution in [0.15, 0.2) is 24.3 Å². The minimum Gasteiger partial charge on any atom is -0.494 e. The second kappa shape index (κ2) is 8.94. The van der Waals surface area contributed by atoms with E-state index in [1.165, 1.54) is 5.56 Å². The van der Waals surface area contributed by atoms with Crippen LogP contribution < -0.4 is 10.1 Å². The highest BCUT2D eigenvalue weighted by Gasteiger charge is 2.09. The highest BCUT2D eigenvalue weighted by atomic mass is 16.5. The van der Waals surface area contributed by atoms with Gasteiger partial charge in [-0.25, -0.2) is 0 Å². The van der Waals surface area contributed by atoms with Crippen molar-refractivity contribution in [2.24, 2.45) is 5.92 Å². The van der Waals surface area contributed by atoms with Crippen LogP contribution >= 0.6 is 0 Å². The van der Waals surface area contributed by atoms with Gasteiger partial charge < -0.3 is 15.2 Å². The summed E-state index contributed by atoms with van der Waals surface area (Å²) in [5, 5.41) is 12.5. The van der Waals surface area contributed by atoms with Crippen molar-refractivity contribution >= 4 is 0 Å². The highest BCUT2D eigenvalue weighted by Crippen LogP contribution is 2.13. The standard InChI is InChI=1S/C16H27NO2/c1-4-5-10-19-16-8-6-15(7-9-16)11-17-14(3)13(2)12-18/h6-9,13-14,17-18H,4-5,10-12H2,1-3H3. The molecule has 1 aromatic rings. The Morgan fingerprint density at radius 1 is 1.21 bits per heavy atom. The van der Waals surface area contributed by atoms with Crippen LogP contribution in [0.25, 0.3) is 0 Å². The molecule has 3 heteroatoms. The quantitative estimate of drug-likeness (QED) is 0.674. The third-order valence-corrected chi connectivity index (χ3v) is 3.46. The molecule has 1 aromatic carbocycles. The van der Waals surface area contributed by atoms with Crippen molar-refractivity contribution in [3.8, 4) is 5.75 Å². The van der Waals surface area contributed by atoms with E-state index in [-0.39, 0.29) is 12.5 Å². The molecular formula is C16H27NO2. The molecule has 0 aliphatic heterocycles. The molecule has 0 spiro atoms. The smallest absolute Gasteiger partial charge is 0.119 e. The molecule has 0 aliphatic carbocycles. The third kappa shape index (κ3) is 6.08. The van der Waals surface area contributed by atoms with Crippen molar-refractivity contribution < 1.29 is 9.84 Å². The minimum atomic E-state index is 0.221. The Bertz CT molecular complexity index is 337. The van der Waals surface area contributed by atoms with Crippen molar-refractivity contribution in [3.63, 3.8) is 0 Å². The Hall–Kier alpha value is -1.06. The van der Waals surface area contributed by atoms with Gasteiger partial charge in [0, 0.05) is 19.2 Å². The van der Waals surface area contributed by atoms with E-state index in [1.807, 2.05) is 19.1 Å². The van der Waals surface area contributed by atoms with E-state index >= 15 is 0 Å². The van der Waals surface area contributed by atoms with E-state index in [0.717, 1.165) is 31.7 Å². The summed E-state index contributed by atoms with van der Waals surface area (Å²) in [5.74, 6) is 1.21. The molecule has 0 amide bonds. The molecule has 0 fully saturated rings. The summed E-state index contributed by atoms with van der Waals surface area (Å²) >= 11 is 0. The first-order valence-electron chi connectivity index (χ1n) is 7.23. The number of hydrogen-bond donors (Lipinski definition) is 2. The second-order valence-electron chi connectivity index (χ2n) is 5.18. The Labute approximate surface area is 117 Å². The van der Waals surface area contributed by atoms with Crippen LogP contribution in [-0.2, 0) is 6.54 Å². The summed E-state index contributed by atoms with van der Waals surface area (Å²) in [5.41, 5.74) is 1.24. The topological polar surface area (TPSA) is 41.5 Å². The summed E-state index contributed by atoms with van der Waals surface area (Å²) in [7, 11) is 0. The van der Waals surface area contributed by atoms with Gasteiger partial charge in [0.1, 0.15) is 5.75 Å². The number of aliphatic hydroxyl groups excluding tert-OH is 1. The molecule has 3 nitrogen and oxygen atoms in total. The lowest BCUT2D eigenvalue weighted by molar-refractivity contribution is 0.207. The number of aliphatic hydroxyl groups is 1. The molecule has 1 rings (SSSR count). The normalized spacial score (nSPS) is 14.1. The number of unbranched alkanes of at least 4 members (excludes halogenated alkanes) is 1. The molecule has 0 aromatic heterocycles. The van der Waals surface area contributed by atoms with Gasteiger partial charge in [-0.05, 0) is 37.0 Å². The lowest BCUT2D eigenvalue weighted by Crippen LogP contribution is -2.33. The average Bonchev–Trinajstić information content (AvgIpc) is 2.45. The molecule has 0 radical (unpaired) electrons. The maximum atomic E-state index is 9.08. The Morgan fingerprint density at radius 3 is 2.47 bits per heavy atom. The number of rotatable bonds is 9. The van der Waals surface area contributed by atoms with Gasteiger partial charge in [0.25, 0.3) is 0 Å². The van der Waals surface area contributed by atoms with E-state index in [4.69, 9.17) is 9.84 Å². The largest absolute Gasteiger partial charge is 0.494 e. The van der Waals surface area contributed by atoms with Crippen molar-refractivity contribution in [2.75, 3.05) is 13.2 Å². The van der Waals surface area contributed by atoms with Crippen LogP contribution in [0, 0.1) is 5.92 Å². The lowest BCUT2D eigenvalue weighted by Gasteiger charge is -2.19. The summed E-state index contributed by atoms with van der Waals surface area (Å²) in [4.78, 5) is 0. The molecule has 0 saturated heterocycles. The van der Waals surface area contributed by atoms with Crippen LogP contribution in [-0.4, -0.2) is 24.4 Å². The van der Waals surface area contributed by atoms with Gasteiger partial charge in [-0.2, -0.15) is 0 Å². The zero-order chi connectivity index (χ0) is 14.1. The van der Waals surface area contributed by atoms with Crippen LogP contribution in [0.3, 0.4) is 0 Å². The minimum absolute atomic E-state index is 0.221. The van der Waals surface area contributed by atoms with Gasteiger partial charge in [-0.3, -0.25) is 0 Å². The first-order valence-corrected chi connectivity index (χ1v) is 7.23. The van der Waals surface area contributed by atoms with Gasteiger partial charge >= 0.3 is 0 Å². The summed E-state index contributed by atoms with van der Waals surface area (Å²) in [6.07, 6.45) is 2.25. The van der Waals surface area contributed by atoms with Crippen molar-refractivity contribution in [1.29, 1.82) is 0 Å². The van der Waals surface area contributed by atoms with Crippen molar-refractivity contribution in [3.05, 3.63) is 29.8 Å². The first-order chi connectivity index (χ1) is 9.17. The fourth-order valence-corrected chi connectivity index (χ4v) is 1.68. The lowest BCUT2D eigenvalue weighted by atomic mass is 10.0. The van der Waals surface area contributed by atoms with Crippen LogP contribution in [0.4, 0.5) is 0 Å². The monoisotopic (exact) mass is 265 g/mol. The summed E-state index contributed by atoms with van der Waals surface area (Å²) < 4.78 is 5.63. The van der Waals surface area contributed by atoms with E-state index in [0.29, 0.717) is 6.04 Å². The molecule has 2 atom stereocenters. The molecule has 0 heterocycles. The zero-order valence-electron chi connectivity index (χ0n) is 12.4. The summed E-state index contributed by atoms with van der Waals surface area (Å²) in [6.45, 7) is 8.14.